The molecule has 0 saturated heterocycles. The van der Waals surface area contributed by atoms with E-state index in [2.05, 4.69) is 10.1 Å². The highest BCUT2D eigenvalue weighted by molar-refractivity contribution is 7.98. The highest BCUT2D eigenvalue weighted by atomic mass is 32.2. The molecule has 1 aromatic rings. The van der Waals surface area contributed by atoms with Crippen LogP contribution in [0, 0.1) is 0 Å². The average molecular weight is 281 g/mol. The Morgan fingerprint density at radius 3 is 2.94 bits per heavy atom. The van der Waals surface area contributed by atoms with Crippen molar-refractivity contribution in [2.75, 3.05) is 25.2 Å². The van der Waals surface area contributed by atoms with Crippen molar-refractivity contribution in [3.63, 3.8) is 0 Å². The van der Waals surface area contributed by atoms with Crippen LogP contribution in [0.15, 0.2) is 4.52 Å². The predicted molar refractivity (Wildman–Crippen MR) is 64.8 cm³/mol. The van der Waals surface area contributed by atoms with Gasteiger partial charge in [0.25, 0.3) is 6.43 Å². The molecule has 1 rings (SSSR count). The molecule has 0 aromatic carbocycles. The van der Waals surface area contributed by atoms with Crippen LogP contribution in [0.4, 0.5) is 8.78 Å². The first kappa shape index (κ1) is 15.3. The van der Waals surface area contributed by atoms with E-state index in [-0.39, 0.29) is 12.6 Å². The van der Waals surface area contributed by atoms with E-state index in [9.17, 15) is 8.78 Å². The Balaban J connectivity index is 2.29. The van der Waals surface area contributed by atoms with E-state index in [0.717, 1.165) is 12.2 Å². The van der Waals surface area contributed by atoms with Gasteiger partial charge >= 0.3 is 0 Å². The van der Waals surface area contributed by atoms with Crippen LogP contribution in [-0.4, -0.2) is 41.8 Å². The number of halogens is 2. The van der Waals surface area contributed by atoms with Gasteiger partial charge in [-0.05, 0) is 18.4 Å². The molecular weight excluding hydrogens is 264 g/mol. The van der Waals surface area contributed by atoms with Gasteiger partial charge in [0.15, 0.2) is 5.82 Å². The molecule has 0 aliphatic rings. The molecule has 0 bridgehead atoms. The standard InChI is InChI=1S/C10H17F2N3O2S/c1-18-5-3-7(13)10-14-9(15-17-10)2-4-16-6-8(11)12/h7-8H,2-6,13H2,1H3. The van der Waals surface area contributed by atoms with E-state index in [1.807, 2.05) is 6.26 Å². The van der Waals surface area contributed by atoms with E-state index in [4.69, 9.17) is 15.0 Å². The van der Waals surface area contributed by atoms with Crippen LogP contribution in [0.25, 0.3) is 0 Å². The topological polar surface area (TPSA) is 74.2 Å². The van der Waals surface area contributed by atoms with Gasteiger partial charge in [0.1, 0.15) is 6.61 Å². The lowest BCUT2D eigenvalue weighted by Gasteiger charge is -2.03. The summed E-state index contributed by atoms with van der Waals surface area (Å²) in [5.41, 5.74) is 5.85. The van der Waals surface area contributed by atoms with Gasteiger partial charge in [0, 0.05) is 6.42 Å². The fourth-order valence-electron chi connectivity index (χ4n) is 1.22. The summed E-state index contributed by atoms with van der Waals surface area (Å²) in [6, 6.07) is -0.277. The molecule has 1 heterocycles. The van der Waals surface area contributed by atoms with Crippen molar-refractivity contribution in [1.82, 2.24) is 10.1 Å². The molecule has 1 unspecified atom stereocenters. The number of ether oxygens (including phenoxy) is 1. The summed E-state index contributed by atoms with van der Waals surface area (Å²) in [5.74, 6) is 1.72. The zero-order chi connectivity index (χ0) is 13.4. The monoisotopic (exact) mass is 281 g/mol. The fraction of sp³-hybridized carbons (Fsp3) is 0.800. The summed E-state index contributed by atoms with van der Waals surface area (Å²) in [6.07, 6.45) is 0.633. The van der Waals surface area contributed by atoms with E-state index in [0.29, 0.717) is 18.1 Å². The Hall–Kier alpha value is -0.730. The molecule has 2 N–H and O–H groups in total. The van der Waals surface area contributed by atoms with Crippen molar-refractivity contribution < 1.29 is 18.0 Å². The van der Waals surface area contributed by atoms with Crippen molar-refractivity contribution in [2.45, 2.75) is 25.3 Å². The van der Waals surface area contributed by atoms with E-state index < -0.39 is 13.0 Å². The van der Waals surface area contributed by atoms with Crippen LogP contribution in [0.2, 0.25) is 0 Å². The van der Waals surface area contributed by atoms with E-state index >= 15 is 0 Å². The Labute approximate surface area is 108 Å². The second-order valence-corrected chi connectivity index (χ2v) is 4.64. The Morgan fingerprint density at radius 1 is 1.50 bits per heavy atom. The van der Waals surface area contributed by atoms with Crippen LogP contribution in [-0.2, 0) is 11.2 Å². The third-order valence-corrected chi connectivity index (χ3v) is 2.79. The van der Waals surface area contributed by atoms with Gasteiger partial charge in [-0.3, -0.25) is 0 Å². The van der Waals surface area contributed by atoms with Crippen molar-refractivity contribution in [1.29, 1.82) is 0 Å². The van der Waals surface area contributed by atoms with Crippen LogP contribution in [0.1, 0.15) is 24.2 Å². The lowest BCUT2D eigenvalue weighted by molar-refractivity contribution is 0.0182. The van der Waals surface area contributed by atoms with Crippen LogP contribution < -0.4 is 5.73 Å². The molecule has 1 atom stereocenters. The maximum absolute atomic E-state index is 11.8. The smallest absolute Gasteiger partial charge is 0.261 e. The molecule has 18 heavy (non-hydrogen) atoms. The first-order valence-corrected chi connectivity index (χ1v) is 6.95. The Bertz CT molecular complexity index is 339. The van der Waals surface area contributed by atoms with E-state index in [1.54, 1.807) is 11.8 Å². The van der Waals surface area contributed by atoms with Gasteiger partial charge in [-0.1, -0.05) is 5.16 Å². The summed E-state index contributed by atoms with van der Waals surface area (Å²) in [5, 5.41) is 3.72. The van der Waals surface area contributed by atoms with Gasteiger partial charge in [0.2, 0.25) is 5.89 Å². The number of thioether (sulfide) groups is 1. The van der Waals surface area contributed by atoms with Gasteiger partial charge in [-0.2, -0.15) is 16.7 Å². The normalized spacial score (nSPS) is 13.2. The maximum atomic E-state index is 11.8. The highest BCUT2D eigenvalue weighted by Crippen LogP contribution is 2.14. The number of alkyl halides is 2. The molecule has 8 heteroatoms. The number of nitrogens with zero attached hydrogens (tertiary/aromatic N) is 2. The first-order chi connectivity index (χ1) is 8.63. The molecule has 0 spiro atoms. The average Bonchev–Trinajstić information content (AvgIpc) is 2.80. The summed E-state index contributed by atoms with van der Waals surface area (Å²) in [6.45, 7) is -0.429. The number of aromatic nitrogens is 2. The maximum Gasteiger partial charge on any atom is 0.261 e. The molecule has 104 valence electrons. The van der Waals surface area contributed by atoms with Crippen LogP contribution >= 0.6 is 11.8 Å². The SMILES string of the molecule is CSCCC(N)c1nc(CCOCC(F)F)no1. The van der Waals surface area contributed by atoms with Crippen molar-refractivity contribution >= 4 is 11.8 Å². The molecular formula is C10H17F2N3O2S. The quantitative estimate of drug-likeness (QED) is 0.694. The van der Waals surface area contributed by atoms with Crippen LogP contribution in [0.3, 0.4) is 0 Å². The third kappa shape index (κ3) is 5.74. The molecule has 0 aliphatic heterocycles. The van der Waals surface area contributed by atoms with E-state index in [1.165, 1.54) is 0 Å². The minimum absolute atomic E-state index is 0.142. The molecule has 0 saturated carbocycles. The Kier molecular flexibility index (Phi) is 7.14. The molecule has 1 aromatic heterocycles. The fourth-order valence-corrected chi connectivity index (χ4v) is 1.71. The van der Waals surface area contributed by atoms with Crippen LogP contribution in [0.5, 0.6) is 0 Å². The Morgan fingerprint density at radius 2 is 2.28 bits per heavy atom. The minimum Gasteiger partial charge on any atom is -0.375 e. The number of nitrogens with two attached hydrogens (primary N) is 1. The van der Waals surface area contributed by atoms with Crippen molar-refractivity contribution in [3.05, 3.63) is 11.7 Å². The van der Waals surface area contributed by atoms with Crippen molar-refractivity contribution in [2.24, 2.45) is 5.73 Å². The number of hydrogen-bond donors (Lipinski definition) is 1. The largest absolute Gasteiger partial charge is 0.375 e. The first-order valence-electron chi connectivity index (χ1n) is 5.56. The lowest BCUT2D eigenvalue weighted by Crippen LogP contribution is -2.12. The molecule has 5 nitrogen and oxygen atoms in total. The zero-order valence-electron chi connectivity index (χ0n) is 10.1. The molecule has 0 aliphatic carbocycles. The second-order valence-electron chi connectivity index (χ2n) is 3.65. The van der Waals surface area contributed by atoms with Gasteiger partial charge < -0.3 is 15.0 Å². The van der Waals surface area contributed by atoms with Crippen molar-refractivity contribution in [3.8, 4) is 0 Å². The lowest BCUT2D eigenvalue weighted by atomic mass is 10.2. The van der Waals surface area contributed by atoms with Gasteiger partial charge in [-0.25, -0.2) is 8.78 Å². The second kappa shape index (κ2) is 8.39. The summed E-state index contributed by atoms with van der Waals surface area (Å²) in [4.78, 5) is 4.10. The number of rotatable bonds is 9. The predicted octanol–water partition coefficient (Wildman–Crippen LogP) is 1.65. The summed E-state index contributed by atoms with van der Waals surface area (Å²) < 4.78 is 33.3. The van der Waals surface area contributed by atoms with Gasteiger partial charge in [0.05, 0.1) is 12.6 Å². The molecule has 0 amide bonds. The minimum atomic E-state index is -2.45. The highest BCUT2D eigenvalue weighted by Gasteiger charge is 2.14. The zero-order valence-corrected chi connectivity index (χ0v) is 11.0. The summed E-state index contributed by atoms with van der Waals surface area (Å²) in [7, 11) is 0. The summed E-state index contributed by atoms with van der Waals surface area (Å²) >= 11 is 1.69. The number of hydrogen-bond acceptors (Lipinski definition) is 6. The van der Waals surface area contributed by atoms with Gasteiger partial charge in [-0.15, -0.1) is 0 Å². The molecule has 0 fully saturated rings. The third-order valence-electron chi connectivity index (χ3n) is 2.15. The molecule has 0 radical (unpaired) electrons.